The van der Waals surface area contributed by atoms with Crippen molar-refractivity contribution in [3.05, 3.63) is 0 Å². The van der Waals surface area contributed by atoms with Crippen LogP contribution in [-0.4, -0.2) is 160 Å². The zero-order valence-corrected chi connectivity index (χ0v) is 43.6. The van der Waals surface area contributed by atoms with Crippen molar-refractivity contribution in [2.24, 2.45) is 11.3 Å². The van der Waals surface area contributed by atoms with Crippen molar-refractivity contribution < 1.29 is 72.5 Å². The molecule has 358 valence electrons. The van der Waals surface area contributed by atoms with E-state index in [2.05, 4.69) is 10.6 Å². The van der Waals surface area contributed by atoms with E-state index < -0.39 is 64.2 Å². The van der Waals surface area contributed by atoms with Gasteiger partial charge in [0.2, 0.25) is 0 Å². The molecule has 0 aliphatic heterocycles. The topological polar surface area (TPSA) is 198 Å². The van der Waals surface area contributed by atoms with E-state index in [0.29, 0.717) is 103 Å². The van der Waals surface area contributed by atoms with Crippen LogP contribution in [0.5, 0.6) is 0 Å². The Morgan fingerprint density at radius 1 is 0.533 bits per heavy atom. The predicted molar refractivity (Wildman–Crippen MR) is 236 cm³/mol. The Morgan fingerprint density at radius 3 is 1.23 bits per heavy atom. The van der Waals surface area contributed by atoms with E-state index in [1.807, 2.05) is 55.4 Å². The van der Waals surface area contributed by atoms with Crippen LogP contribution < -0.4 is 10.6 Å². The van der Waals surface area contributed by atoms with Gasteiger partial charge in [0.1, 0.15) is 0 Å². The summed E-state index contributed by atoms with van der Waals surface area (Å²) >= 11 is 0. The second kappa shape index (κ2) is 31.2. The minimum absolute atomic E-state index is 0.0762. The number of nitrogens with one attached hydrogen (secondary N) is 2. The first kappa shape index (κ1) is 59.2. The first-order valence-electron chi connectivity index (χ1n) is 21.6. The Balaban J connectivity index is 7.54. The molecule has 0 saturated carbocycles. The number of rotatable bonds is 41. The molecule has 2 atom stereocenters. The van der Waals surface area contributed by atoms with Crippen LogP contribution in [0.4, 0.5) is 0 Å². The summed E-state index contributed by atoms with van der Waals surface area (Å²) in [6.45, 7) is 18.4. The molecule has 2 unspecified atom stereocenters. The zero-order valence-electron chi connectivity index (χ0n) is 39.6. The first-order valence-corrected chi connectivity index (χ1v) is 29.3. The third-order valence-corrected chi connectivity index (χ3v) is 22.6. The normalized spacial score (nSPS) is 14.6. The van der Waals surface area contributed by atoms with E-state index in [1.165, 1.54) is 0 Å². The van der Waals surface area contributed by atoms with E-state index in [0.717, 1.165) is 0 Å². The molecule has 0 aromatic heterocycles. The van der Waals surface area contributed by atoms with Gasteiger partial charge in [-0.1, -0.05) is 0 Å². The van der Waals surface area contributed by atoms with Gasteiger partial charge in [-0.05, 0) is 107 Å². The molecule has 0 aromatic carbocycles. The van der Waals surface area contributed by atoms with Crippen molar-refractivity contribution >= 4 is 47.2 Å². The van der Waals surface area contributed by atoms with Gasteiger partial charge < -0.3 is 63.0 Å². The van der Waals surface area contributed by atoms with Gasteiger partial charge in [-0.3, -0.25) is 20.2 Å². The van der Waals surface area contributed by atoms with Crippen molar-refractivity contribution in [3.8, 4) is 0 Å². The molecule has 0 aromatic rings. The highest BCUT2D eigenvalue weighted by Crippen LogP contribution is 2.42. The van der Waals surface area contributed by atoms with Gasteiger partial charge in [0, 0.05) is 113 Å². The summed E-state index contributed by atoms with van der Waals surface area (Å²) in [6.07, 6.45) is 1.97. The minimum atomic E-state index is -3.24. The van der Waals surface area contributed by atoms with Crippen LogP contribution in [0.2, 0.25) is 24.2 Å². The number of carboxylic acids is 1. The molecule has 0 radical (unpaired) electrons. The van der Waals surface area contributed by atoms with Gasteiger partial charge in [-0.2, -0.15) is 0 Å². The van der Waals surface area contributed by atoms with Gasteiger partial charge >= 0.3 is 47.2 Å². The lowest BCUT2D eigenvalue weighted by molar-refractivity contribution is -0.164. The predicted octanol–water partition coefficient (Wildman–Crippen LogP) is 5.33. The van der Waals surface area contributed by atoms with Crippen molar-refractivity contribution in [2.45, 2.75) is 124 Å². The number of aliphatic carboxylic acids is 1. The molecule has 0 aliphatic rings. The maximum atomic E-state index is 14.7. The van der Waals surface area contributed by atoms with Crippen LogP contribution in [0.25, 0.3) is 0 Å². The highest BCUT2D eigenvalue weighted by atomic mass is 28.4. The number of esters is 1. The van der Waals surface area contributed by atoms with Crippen LogP contribution in [-0.2, 0) is 67.4 Å². The molecular formula is C38H84N2O16Si4. The monoisotopic (exact) mass is 936 g/mol. The van der Waals surface area contributed by atoms with Crippen molar-refractivity contribution in [1.82, 2.24) is 10.6 Å². The number of hydrogen-bond donors (Lipinski definition) is 3. The molecule has 18 nitrogen and oxygen atoms in total. The molecule has 0 spiro atoms. The summed E-state index contributed by atoms with van der Waals surface area (Å²) in [6, 6.07) is 1.80. The number of carbonyl (C=O) groups excluding carboxylic acids is 1. The SMILES string of the molecule is CCO[Si](CCCNC(NCCC[Si](OC)(OC)OC)(C(CCC(=O)O)CC[Si](OCC)(OCC)OCC)C(C)(C)C(=O)OCCC[Si](OC)(OC)OC)(OCC)OCC. The number of hydrogen-bond acceptors (Lipinski definition) is 17. The Hall–Kier alpha value is -0.752. The Labute approximate surface area is 366 Å². The summed E-state index contributed by atoms with van der Waals surface area (Å²) in [5.41, 5.74) is -2.58. The molecule has 3 N–H and O–H groups in total. The second-order valence-electron chi connectivity index (χ2n) is 14.5. The van der Waals surface area contributed by atoms with E-state index in [9.17, 15) is 14.7 Å². The fourth-order valence-electron chi connectivity index (χ4n) is 7.62. The lowest BCUT2D eigenvalue weighted by Crippen LogP contribution is -2.72. The van der Waals surface area contributed by atoms with Crippen LogP contribution in [0, 0.1) is 11.3 Å². The summed E-state index contributed by atoms with van der Waals surface area (Å²) in [4.78, 5) is 27.1. The van der Waals surface area contributed by atoms with Gasteiger partial charge in [-0.15, -0.1) is 0 Å². The van der Waals surface area contributed by atoms with E-state index >= 15 is 0 Å². The highest BCUT2D eigenvalue weighted by Gasteiger charge is 2.56. The number of ether oxygens (including phenoxy) is 1. The van der Waals surface area contributed by atoms with Crippen molar-refractivity contribution in [1.29, 1.82) is 0 Å². The summed E-state index contributed by atoms with van der Waals surface area (Å²) in [5.74, 6) is -1.94. The first-order chi connectivity index (χ1) is 28.5. The molecule has 0 saturated heterocycles. The largest absolute Gasteiger partial charge is 0.500 e. The van der Waals surface area contributed by atoms with E-state index in [-0.39, 0.29) is 19.4 Å². The van der Waals surface area contributed by atoms with Crippen molar-refractivity contribution in [3.63, 3.8) is 0 Å². The molecule has 0 rings (SSSR count). The maximum absolute atomic E-state index is 14.7. The molecular weight excluding hydrogens is 853 g/mol. The third-order valence-electron chi connectivity index (χ3n) is 10.7. The van der Waals surface area contributed by atoms with Gasteiger partial charge in [0.15, 0.2) is 0 Å². The average molecular weight is 937 g/mol. The van der Waals surface area contributed by atoms with Crippen molar-refractivity contribution in [2.75, 3.05) is 102 Å². The average Bonchev–Trinajstić information content (AvgIpc) is 3.22. The molecule has 0 aliphatic carbocycles. The standard InChI is InChI=1S/C38H84N2O16Si4/c1-15-51-59(52-16-2,53-17-3)31-22-28-40-38(39-27-21-30-57(44-9,45-10)46-11,37(7,8)36(43)50-29-23-32-58(47-12,48-13)49-14)34(24-25-35(41)42)26-33-60(54-18-4,55-19-5)56-20-6/h34,39-40H,15-33H2,1-14H3,(H,41,42). The molecule has 0 amide bonds. The number of carboxylic acid groups (broad SMARTS) is 1. The molecule has 22 heteroatoms. The summed E-state index contributed by atoms with van der Waals surface area (Å²) in [7, 11) is -2.84. The van der Waals surface area contributed by atoms with Crippen LogP contribution >= 0.6 is 0 Å². The van der Waals surface area contributed by atoms with Crippen LogP contribution in [0.3, 0.4) is 0 Å². The lowest BCUT2D eigenvalue weighted by atomic mass is 9.68. The Morgan fingerprint density at radius 2 is 0.883 bits per heavy atom. The molecule has 60 heavy (non-hydrogen) atoms. The Kier molecular flexibility index (Phi) is 30.8. The fraction of sp³-hybridized carbons (Fsp3) is 0.947. The smallest absolute Gasteiger partial charge is 0.481 e. The minimum Gasteiger partial charge on any atom is -0.481 e. The highest BCUT2D eigenvalue weighted by molar-refractivity contribution is 6.61. The fourth-order valence-corrected chi connectivity index (χ4v) is 16.3. The number of carbonyl (C=O) groups is 2. The third kappa shape index (κ3) is 18.4. The zero-order chi connectivity index (χ0) is 45.8. The van der Waals surface area contributed by atoms with Crippen LogP contribution in [0.15, 0.2) is 0 Å². The van der Waals surface area contributed by atoms with Crippen LogP contribution in [0.1, 0.15) is 93.9 Å². The molecule has 0 bridgehead atoms. The van der Waals surface area contributed by atoms with Gasteiger partial charge in [0.05, 0.1) is 17.7 Å². The van der Waals surface area contributed by atoms with E-state index in [4.69, 9.17) is 57.8 Å². The Bertz CT molecular complexity index is 1090. The van der Waals surface area contributed by atoms with Gasteiger partial charge in [-0.25, -0.2) is 0 Å². The lowest BCUT2D eigenvalue weighted by Gasteiger charge is -2.52. The van der Waals surface area contributed by atoms with Gasteiger partial charge in [0.25, 0.3) is 0 Å². The molecule has 0 fully saturated rings. The summed E-state index contributed by atoms with van der Waals surface area (Å²) in [5, 5.41) is 17.7. The maximum Gasteiger partial charge on any atom is 0.500 e. The second-order valence-corrected chi connectivity index (χ2v) is 26.1. The summed E-state index contributed by atoms with van der Waals surface area (Å²) < 4.78 is 77.4. The quantitative estimate of drug-likeness (QED) is 0.0308. The van der Waals surface area contributed by atoms with E-state index in [1.54, 1.807) is 42.7 Å². The molecule has 0 heterocycles.